The first-order valence-corrected chi connectivity index (χ1v) is 16.5. The molecule has 0 unspecified atom stereocenters. The van der Waals surface area contributed by atoms with E-state index in [1.165, 1.54) is 27.7 Å². The third-order valence-corrected chi connectivity index (χ3v) is 9.74. The smallest absolute Gasteiger partial charge is 0.338 e. The monoisotopic (exact) mass is 752 g/mol. The number of rotatable bonds is 8. The van der Waals surface area contributed by atoms with Gasteiger partial charge in [-0.3, -0.25) is 9.36 Å². The van der Waals surface area contributed by atoms with E-state index in [1.54, 1.807) is 50.7 Å². The molecule has 44 heavy (non-hydrogen) atoms. The lowest BCUT2D eigenvalue weighted by atomic mass is 9.92. The van der Waals surface area contributed by atoms with Crippen molar-refractivity contribution in [2.75, 3.05) is 13.7 Å². The topological polar surface area (TPSA) is 109 Å². The van der Waals surface area contributed by atoms with Crippen molar-refractivity contribution in [1.82, 2.24) is 14.5 Å². The number of fused-ring (bicyclic) bond motifs is 1. The number of furan rings is 1. The molecule has 0 radical (unpaired) electrons. The summed E-state index contributed by atoms with van der Waals surface area (Å²) in [4.78, 5) is 41.7. The predicted octanol–water partition coefficient (Wildman–Crippen LogP) is 6.00. The fraction of sp³-hybridized carbons (Fsp3) is 0.129. The molecule has 13 heteroatoms. The van der Waals surface area contributed by atoms with Crippen molar-refractivity contribution in [1.29, 1.82) is 0 Å². The Morgan fingerprint density at radius 1 is 1.11 bits per heavy atom. The van der Waals surface area contributed by atoms with Crippen molar-refractivity contribution in [3.8, 4) is 5.75 Å². The van der Waals surface area contributed by atoms with E-state index in [0.717, 1.165) is 4.47 Å². The molecule has 6 rings (SSSR count). The van der Waals surface area contributed by atoms with Crippen molar-refractivity contribution < 1.29 is 18.7 Å². The molecule has 9 nitrogen and oxygen atoms in total. The quantitative estimate of drug-likeness (QED) is 0.140. The zero-order valence-electron chi connectivity index (χ0n) is 23.2. The molecule has 0 saturated heterocycles. The van der Waals surface area contributed by atoms with E-state index in [9.17, 15) is 9.59 Å². The Bertz CT molecular complexity index is 2080. The van der Waals surface area contributed by atoms with Gasteiger partial charge in [0.25, 0.3) is 5.56 Å². The van der Waals surface area contributed by atoms with Crippen LogP contribution < -0.4 is 19.6 Å². The van der Waals surface area contributed by atoms with Crippen LogP contribution >= 0.6 is 55.0 Å². The van der Waals surface area contributed by atoms with Crippen LogP contribution in [0.2, 0.25) is 0 Å². The summed E-state index contributed by atoms with van der Waals surface area (Å²) in [6.07, 6.45) is 4.97. The van der Waals surface area contributed by atoms with Gasteiger partial charge in [0, 0.05) is 34.1 Å². The van der Waals surface area contributed by atoms with Crippen molar-refractivity contribution in [2.45, 2.75) is 23.2 Å². The predicted molar refractivity (Wildman–Crippen MR) is 174 cm³/mol. The molecule has 2 aromatic carbocycles. The Morgan fingerprint density at radius 2 is 1.89 bits per heavy atom. The summed E-state index contributed by atoms with van der Waals surface area (Å²) in [6, 6.07) is 17.5. The van der Waals surface area contributed by atoms with Crippen molar-refractivity contribution >= 4 is 72.7 Å². The number of hydrogen-bond acceptors (Lipinski definition) is 10. The van der Waals surface area contributed by atoms with Gasteiger partial charge in [-0.2, -0.15) is 0 Å². The van der Waals surface area contributed by atoms with Crippen LogP contribution in [-0.2, 0) is 9.53 Å². The fourth-order valence-electron chi connectivity index (χ4n) is 4.71. The first kappa shape index (κ1) is 30.3. The summed E-state index contributed by atoms with van der Waals surface area (Å²) in [5.41, 5.74) is 1.62. The summed E-state index contributed by atoms with van der Waals surface area (Å²) >= 11 is 9.54. The van der Waals surface area contributed by atoms with Crippen LogP contribution in [0.25, 0.3) is 11.8 Å². The molecule has 0 fully saturated rings. The Morgan fingerprint density at radius 3 is 2.61 bits per heavy atom. The number of hydrogen-bond donors (Lipinski definition) is 0. The molecule has 1 aliphatic rings. The number of carbonyl (C=O) groups excluding carboxylic acids is 1. The molecule has 0 amide bonds. The molecule has 1 atom stereocenters. The molecule has 1 aliphatic heterocycles. The standard InChI is InChI=1S/C31H22Br2N4O5S2/c1-3-41-28(39)24-25(17-8-5-4-6-9-17)36-31-37(26(24)20-14-18(32)10-11-22(20)40-2)27(38)23(43-31)16-19-15-21(33)29(42-19)44-30-34-12-7-13-35-30/h4-16,26H,3H2,1-2H3/b23-16-/t26-/m1/s1. The van der Waals surface area contributed by atoms with Crippen molar-refractivity contribution in [3.63, 3.8) is 0 Å². The number of methoxy groups -OCH3 is 1. The maximum Gasteiger partial charge on any atom is 0.338 e. The van der Waals surface area contributed by atoms with Gasteiger partial charge in [-0.25, -0.2) is 19.8 Å². The van der Waals surface area contributed by atoms with E-state index in [4.69, 9.17) is 18.9 Å². The third-order valence-electron chi connectivity index (χ3n) is 6.53. The lowest BCUT2D eigenvalue weighted by molar-refractivity contribution is -0.138. The number of esters is 1. The number of benzene rings is 2. The summed E-state index contributed by atoms with van der Waals surface area (Å²) in [5, 5.41) is 1.07. The Labute approximate surface area is 276 Å². The third kappa shape index (κ3) is 5.96. The van der Waals surface area contributed by atoms with Gasteiger partial charge in [0.15, 0.2) is 15.1 Å². The van der Waals surface area contributed by atoms with Gasteiger partial charge in [-0.1, -0.05) is 57.6 Å². The molecule has 4 heterocycles. The summed E-state index contributed by atoms with van der Waals surface area (Å²) in [5.74, 6) is 0.380. The van der Waals surface area contributed by atoms with Crippen LogP contribution in [0.1, 0.15) is 29.9 Å². The molecule has 0 spiro atoms. The normalized spacial score (nSPS) is 14.7. The minimum atomic E-state index is -0.889. The highest BCUT2D eigenvalue weighted by molar-refractivity contribution is 9.10. The highest BCUT2D eigenvalue weighted by atomic mass is 79.9. The van der Waals surface area contributed by atoms with E-state index in [-0.39, 0.29) is 17.7 Å². The maximum atomic E-state index is 14.2. The number of aromatic nitrogens is 3. The average Bonchev–Trinajstić information content (AvgIpc) is 3.54. The van der Waals surface area contributed by atoms with Crippen molar-refractivity contribution in [2.24, 2.45) is 4.99 Å². The second-order valence-corrected chi connectivity index (χ2v) is 13.0. The van der Waals surface area contributed by atoms with E-state index >= 15 is 0 Å². The fourth-order valence-corrected chi connectivity index (χ4v) is 7.31. The first-order valence-electron chi connectivity index (χ1n) is 13.2. The second kappa shape index (κ2) is 13.1. The summed E-state index contributed by atoms with van der Waals surface area (Å²) in [7, 11) is 1.55. The highest BCUT2D eigenvalue weighted by Crippen LogP contribution is 2.40. The molecule has 222 valence electrons. The number of thiazole rings is 1. The second-order valence-electron chi connectivity index (χ2n) is 9.24. The van der Waals surface area contributed by atoms with E-state index in [1.807, 2.05) is 42.5 Å². The molecule has 5 aromatic rings. The average molecular weight is 754 g/mol. The lowest BCUT2D eigenvalue weighted by Crippen LogP contribution is -2.40. The molecule has 0 aliphatic carbocycles. The molecule has 0 N–H and O–H groups in total. The van der Waals surface area contributed by atoms with Gasteiger partial charge in [0.1, 0.15) is 17.6 Å². The minimum absolute atomic E-state index is 0.152. The van der Waals surface area contributed by atoms with Crippen LogP contribution in [0.15, 0.2) is 112 Å². The van der Waals surface area contributed by atoms with E-state index < -0.39 is 12.0 Å². The molecule has 0 saturated carbocycles. The highest BCUT2D eigenvalue weighted by Gasteiger charge is 2.37. The van der Waals surface area contributed by atoms with Crippen LogP contribution in [-0.4, -0.2) is 34.2 Å². The van der Waals surface area contributed by atoms with Gasteiger partial charge in [-0.15, -0.1) is 0 Å². The van der Waals surface area contributed by atoms with Gasteiger partial charge in [0.05, 0.1) is 34.0 Å². The number of halogens is 2. The largest absolute Gasteiger partial charge is 0.496 e. The molecule has 3 aromatic heterocycles. The number of nitrogens with zero attached hydrogens (tertiary/aromatic N) is 4. The Kier molecular flexibility index (Phi) is 8.98. The van der Waals surface area contributed by atoms with Crippen LogP contribution in [0, 0.1) is 0 Å². The Hall–Kier alpha value is -3.78. The van der Waals surface area contributed by atoms with Crippen LogP contribution in [0.5, 0.6) is 5.75 Å². The zero-order valence-corrected chi connectivity index (χ0v) is 28.0. The SMILES string of the molecule is CCOC(=O)C1=C(c2ccccc2)N=c2s/c(=C\c3cc(Br)c(Sc4ncccn4)o3)c(=O)n2[C@@H]1c1cc(Br)ccc1OC. The lowest BCUT2D eigenvalue weighted by Gasteiger charge is -2.27. The maximum absolute atomic E-state index is 14.2. The summed E-state index contributed by atoms with van der Waals surface area (Å²) in [6.45, 7) is 1.89. The van der Waals surface area contributed by atoms with Crippen LogP contribution in [0.3, 0.4) is 0 Å². The number of ether oxygens (including phenoxy) is 2. The van der Waals surface area contributed by atoms with E-state index in [0.29, 0.717) is 52.4 Å². The summed E-state index contributed by atoms with van der Waals surface area (Å²) < 4.78 is 20.7. The van der Waals surface area contributed by atoms with E-state index in [2.05, 4.69) is 41.8 Å². The van der Waals surface area contributed by atoms with Gasteiger partial charge in [-0.05, 0) is 64.9 Å². The first-order chi connectivity index (χ1) is 21.4. The minimum Gasteiger partial charge on any atom is -0.496 e. The molecule has 0 bridgehead atoms. The van der Waals surface area contributed by atoms with Gasteiger partial charge < -0.3 is 13.9 Å². The van der Waals surface area contributed by atoms with Gasteiger partial charge >= 0.3 is 5.97 Å². The molecular weight excluding hydrogens is 732 g/mol. The van der Waals surface area contributed by atoms with Crippen molar-refractivity contribution in [3.05, 3.63) is 124 Å². The van der Waals surface area contributed by atoms with Crippen LogP contribution in [0.4, 0.5) is 0 Å². The zero-order chi connectivity index (χ0) is 30.8. The van der Waals surface area contributed by atoms with Gasteiger partial charge in [0.2, 0.25) is 0 Å². The Balaban J connectivity index is 1.58. The number of carbonyl (C=O) groups is 1. The molecular formula is C31H22Br2N4O5S2.